The zero-order valence-electron chi connectivity index (χ0n) is 15.8. The van der Waals surface area contributed by atoms with Crippen LogP contribution in [0.1, 0.15) is 43.4 Å². The maximum absolute atomic E-state index is 13.5. The number of benzene rings is 2. The van der Waals surface area contributed by atoms with Crippen molar-refractivity contribution in [1.82, 2.24) is 9.55 Å². The van der Waals surface area contributed by atoms with Gasteiger partial charge in [-0.2, -0.15) is 0 Å². The maximum Gasteiger partial charge on any atom is 0.329 e. The van der Waals surface area contributed by atoms with E-state index >= 15 is 0 Å². The molecule has 0 radical (unpaired) electrons. The number of aromatic nitrogens is 2. The van der Waals surface area contributed by atoms with Gasteiger partial charge < -0.3 is 4.98 Å². The van der Waals surface area contributed by atoms with Crippen molar-refractivity contribution in [3.63, 3.8) is 0 Å². The summed E-state index contributed by atoms with van der Waals surface area (Å²) in [6.07, 6.45) is 2.55. The fourth-order valence-corrected chi connectivity index (χ4v) is 4.40. The third kappa shape index (κ3) is 2.76. The first-order chi connectivity index (χ1) is 13.1. The first-order valence-electron chi connectivity index (χ1n) is 9.59. The van der Waals surface area contributed by atoms with Crippen molar-refractivity contribution in [2.45, 2.75) is 45.1 Å². The number of nitrogens with zero attached hydrogens (tertiary/aromatic N) is 1. The summed E-state index contributed by atoms with van der Waals surface area (Å²) in [7, 11) is 0. The second kappa shape index (κ2) is 6.69. The molecule has 4 nitrogen and oxygen atoms in total. The molecule has 1 N–H and O–H groups in total. The van der Waals surface area contributed by atoms with E-state index in [1.807, 2.05) is 48.5 Å². The highest BCUT2D eigenvalue weighted by Crippen LogP contribution is 2.43. The lowest BCUT2D eigenvalue weighted by atomic mass is 9.66. The molecule has 0 amide bonds. The molecule has 0 fully saturated rings. The molecule has 1 aromatic heterocycles. The van der Waals surface area contributed by atoms with Gasteiger partial charge in [0.2, 0.25) is 0 Å². The molecule has 2 aromatic carbocycles. The fourth-order valence-electron chi connectivity index (χ4n) is 4.40. The molecular formula is C23H24N2O2. The first kappa shape index (κ1) is 17.5. The summed E-state index contributed by atoms with van der Waals surface area (Å²) in [5.41, 5.74) is 3.84. The topological polar surface area (TPSA) is 54.9 Å². The van der Waals surface area contributed by atoms with Crippen LogP contribution in [-0.2, 0) is 18.4 Å². The monoisotopic (exact) mass is 360 g/mol. The molecule has 0 unspecified atom stereocenters. The molecule has 138 valence electrons. The lowest BCUT2D eigenvalue weighted by molar-refractivity contribution is 0.379. The Bertz CT molecular complexity index is 1090. The summed E-state index contributed by atoms with van der Waals surface area (Å²) in [4.78, 5) is 29.4. The van der Waals surface area contributed by atoms with Crippen molar-refractivity contribution in [2.24, 2.45) is 0 Å². The van der Waals surface area contributed by atoms with Crippen LogP contribution in [0.3, 0.4) is 0 Å². The Balaban J connectivity index is 1.99. The molecule has 1 aliphatic rings. The van der Waals surface area contributed by atoms with Crippen LogP contribution in [0.4, 0.5) is 0 Å². The quantitative estimate of drug-likeness (QED) is 0.768. The maximum atomic E-state index is 13.5. The third-order valence-corrected chi connectivity index (χ3v) is 6.07. The summed E-state index contributed by atoms with van der Waals surface area (Å²) in [6, 6.07) is 17.7. The number of aromatic amines is 1. The van der Waals surface area contributed by atoms with Gasteiger partial charge in [-0.05, 0) is 30.4 Å². The van der Waals surface area contributed by atoms with Gasteiger partial charge in [-0.25, -0.2) is 4.79 Å². The predicted octanol–water partition coefficient (Wildman–Crippen LogP) is 3.87. The van der Waals surface area contributed by atoms with E-state index in [0.717, 1.165) is 36.0 Å². The van der Waals surface area contributed by atoms with Crippen LogP contribution < -0.4 is 11.2 Å². The van der Waals surface area contributed by atoms with E-state index < -0.39 is 0 Å². The Morgan fingerprint density at radius 2 is 1.63 bits per heavy atom. The van der Waals surface area contributed by atoms with Crippen LogP contribution in [0.2, 0.25) is 0 Å². The minimum absolute atomic E-state index is 0.157. The summed E-state index contributed by atoms with van der Waals surface area (Å²) in [5, 5.41) is 0. The van der Waals surface area contributed by atoms with Gasteiger partial charge in [-0.1, -0.05) is 68.4 Å². The summed E-state index contributed by atoms with van der Waals surface area (Å²) < 4.78 is 1.35. The Kier molecular flexibility index (Phi) is 4.34. The third-order valence-electron chi connectivity index (χ3n) is 6.07. The highest BCUT2D eigenvalue weighted by molar-refractivity contribution is 5.71. The van der Waals surface area contributed by atoms with E-state index in [0.29, 0.717) is 5.69 Å². The van der Waals surface area contributed by atoms with Crippen LogP contribution in [0.25, 0.3) is 11.3 Å². The molecule has 4 heteroatoms. The second-order valence-electron chi connectivity index (χ2n) is 7.38. The molecular weight excluding hydrogens is 336 g/mol. The molecule has 27 heavy (non-hydrogen) atoms. The van der Waals surface area contributed by atoms with Gasteiger partial charge in [0.15, 0.2) is 0 Å². The Morgan fingerprint density at radius 3 is 2.33 bits per heavy atom. The molecule has 0 bridgehead atoms. The molecule has 1 aliphatic carbocycles. The molecule has 0 aliphatic heterocycles. The first-order valence-corrected chi connectivity index (χ1v) is 9.59. The van der Waals surface area contributed by atoms with E-state index in [2.05, 4.69) is 24.9 Å². The Labute approximate surface area is 158 Å². The highest BCUT2D eigenvalue weighted by atomic mass is 16.2. The molecule has 3 aromatic rings. The van der Waals surface area contributed by atoms with Crippen LogP contribution in [-0.4, -0.2) is 9.55 Å². The van der Waals surface area contributed by atoms with Crippen molar-refractivity contribution in [2.75, 3.05) is 0 Å². The van der Waals surface area contributed by atoms with Crippen molar-refractivity contribution >= 4 is 0 Å². The van der Waals surface area contributed by atoms with E-state index in [9.17, 15) is 9.59 Å². The van der Waals surface area contributed by atoms with Crippen molar-refractivity contribution < 1.29 is 0 Å². The minimum Gasteiger partial charge on any atom is -0.306 e. The Hall–Kier alpha value is -2.88. The lowest BCUT2D eigenvalue weighted by Crippen LogP contribution is -2.46. The molecule has 0 saturated heterocycles. The molecule has 0 atom stereocenters. The zero-order chi connectivity index (χ0) is 19.0. The highest BCUT2D eigenvalue weighted by Gasteiger charge is 2.39. The van der Waals surface area contributed by atoms with Crippen LogP contribution >= 0.6 is 0 Å². The molecule has 0 saturated carbocycles. The normalized spacial score (nSPS) is 14.4. The van der Waals surface area contributed by atoms with Crippen LogP contribution in [0, 0.1) is 0 Å². The van der Waals surface area contributed by atoms with E-state index in [1.165, 1.54) is 10.1 Å². The largest absolute Gasteiger partial charge is 0.329 e. The van der Waals surface area contributed by atoms with Crippen molar-refractivity contribution in [3.05, 3.63) is 92.1 Å². The van der Waals surface area contributed by atoms with Crippen LogP contribution in [0.15, 0.2) is 64.2 Å². The average Bonchev–Trinajstić information content (AvgIpc) is 2.71. The van der Waals surface area contributed by atoms with Gasteiger partial charge in [-0.15, -0.1) is 0 Å². The van der Waals surface area contributed by atoms with Gasteiger partial charge in [0, 0.05) is 16.5 Å². The average molecular weight is 360 g/mol. The number of hydrogen-bond donors (Lipinski definition) is 1. The predicted molar refractivity (Wildman–Crippen MR) is 108 cm³/mol. The summed E-state index contributed by atoms with van der Waals surface area (Å²) in [5.74, 6) is 0. The fraction of sp³-hybridized carbons (Fsp3) is 0.304. The van der Waals surface area contributed by atoms with Gasteiger partial charge in [0.05, 0.1) is 12.2 Å². The number of hydrogen-bond acceptors (Lipinski definition) is 2. The van der Waals surface area contributed by atoms with Gasteiger partial charge in [0.1, 0.15) is 0 Å². The molecule has 0 spiro atoms. The molecule has 4 rings (SSSR count). The SMILES string of the molecule is CCC1(CC)Cc2ccccc2-c2[nH]c(=O)n(Cc3ccccc3)c(=O)c21. The summed E-state index contributed by atoms with van der Waals surface area (Å²) in [6.45, 7) is 4.55. The van der Waals surface area contributed by atoms with E-state index in [1.54, 1.807) is 0 Å². The second-order valence-corrected chi connectivity index (χ2v) is 7.38. The van der Waals surface area contributed by atoms with Gasteiger partial charge in [0.25, 0.3) is 5.56 Å². The van der Waals surface area contributed by atoms with Crippen molar-refractivity contribution in [1.29, 1.82) is 0 Å². The number of H-pyrrole nitrogens is 1. The smallest absolute Gasteiger partial charge is 0.306 e. The van der Waals surface area contributed by atoms with E-state index in [-0.39, 0.29) is 23.2 Å². The van der Waals surface area contributed by atoms with Crippen molar-refractivity contribution in [3.8, 4) is 11.3 Å². The lowest BCUT2D eigenvalue weighted by Gasteiger charge is -2.38. The van der Waals surface area contributed by atoms with Gasteiger partial charge in [-0.3, -0.25) is 9.36 Å². The van der Waals surface area contributed by atoms with Gasteiger partial charge >= 0.3 is 5.69 Å². The zero-order valence-corrected chi connectivity index (χ0v) is 15.8. The number of nitrogens with one attached hydrogen (secondary N) is 1. The van der Waals surface area contributed by atoms with E-state index in [4.69, 9.17) is 0 Å². The molecule has 1 heterocycles. The minimum atomic E-state index is -0.347. The summed E-state index contributed by atoms with van der Waals surface area (Å²) >= 11 is 0. The standard InChI is InChI=1S/C23H24N2O2/c1-3-23(4-2)14-17-12-8-9-13-18(17)20-19(23)21(26)25(22(27)24-20)15-16-10-6-5-7-11-16/h5-13H,3-4,14-15H2,1-2H3,(H,24,27). The van der Waals surface area contributed by atoms with Crippen LogP contribution in [0.5, 0.6) is 0 Å². The number of fused-ring (bicyclic) bond motifs is 3. The Morgan fingerprint density at radius 1 is 0.963 bits per heavy atom. The number of rotatable bonds is 4.